The van der Waals surface area contributed by atoms with Gasteiger partial charge >= 0.3 is 0 Å². The van der Waals surface area contributed by atoms with E-state index in [9.17, 15) is 10.4 Å². The van der Waals surface area contributed by atoms with Crippen molar-refractivity contribution in [3.05, 3.63) is 41.6 Å². The predicted octanol–water partition coefficient (Wildman–Crippen LogP) is 5.83. The molecule has 9 nitrogen and oxygen atoms in total. The molecule has 3 fully saturated rings. The fraction of sp³-hybridized carbons (Fsp3) is 0.686. The quantitative estimate of drug-likeness (QED) is 0.181. The standard InChI is InChI=1S/C35H53N7O2/c1-2-5-26-16-27(21-37-20-25-8-10-31(11-9-25)41-32-12-14-44-15-13-32)18-28(17-26)22-38-34-30(19-36)24-40-35(42-34)39-23-29-6-3-4-7-33(29)43/h3-4,6-7,24-28,31-32,37,41,43H,2,5,8-18,20-23H2,1H3,(H2,38,39,40,42)/t25?,26?,27-,28-,31?/m1/s1. The van der Waals surface area contributed by atoms with Gasteiger partial charge in [-0.3, -0.25) is 0 Å². The number of nitriles is 1. The van der Waals surface area contributed by atoms with Crippen LogP contribution in [0.5, 0.6) is 5.75 Å². The molecule has 1 aliphatic heterocycles. The molecule has 2 aromatic rings. The second kappa shape index (κ2) is 17.0. The van der Waals surface area contributed by atoms with E-state index in [-0.39, 0.29) is 5.75 Å². The highest BCUT2D eigenvalue weighted by Crippen LogP contribution is 2.36. The third-order valence-corrected chi connectivity index (χ3v) is 10.00. The van der Waals surface area contributed by atoms with Gasteiger partial charge in [0.15, 0.2) is 0 Å². The van der Waals surface area contributed by atoms with Crippen molar-refractivity contribution in [2.75, 3.05) is 43.5 Å². The molecule has 2 saturated carbocycles. The van der Waals surface area contributed by atoms with Gasteiger partial charge in [-0.05, 0) is 101 Å². The van der Waals surface area contributed by atoms with Gasteiger partial charge in [-0.25, -0.2) is 4.98 Å². The van der Waals surface area contributed by atoms with Gasteiger partial charge in [0.2, 0.25) is 5.95 Å². The SMILES string of the molecule is CCCC1C[C@@H](CNCC2CCC(NC3CCOCC3)CC2)C[C@H](CNc2nc(NCc3ccccc3O)ncc2C#N)C1. The zero-order valence-electron chi connectivity index (χ0n) is 26.6. The highest BCUT2D eigenvalue weighted by Gasteiger charge is 2.29. The fourth-order valence-corrected chi connectivity index (χ4v) is 7.66. The van der Waals surface area contributed by atoms with Crippen molar-refractivity contribution in [1.29, 1.82) is 5.26 Å². The van der Waals surface area contributed by atoms with E-state index in [1.807, 2.05) is 12.1 Å². The van der Waals surface area contributed by atoms with E-state index in [4.69, 9.17) is 4.74 Å². The summed E-state index contributed by atoms with van der Waals surface area (Å²) in [5, 5.41) is 34.3. The van der Waals surface area contributed by atoms with E-state index < -0.39 is 0 Å². The minimum atomic E-state index is 0.237. The molecule has 0 radical (unpaired) electrons. The maximum atomic E-state index is 10.1. The molecule has 44 heavy (non-hydrogen) atoms. The highest BCUT2D eigenvalue weighted by molar-refractivity contribution is 5.53. The number of phenolic OH excluding ortho intramolecular Hbond substituents is 1. The second-order valence-electron chi connectivity index (χ2n) is 13.5. The molecule has 3 atom stereocenters. The lowest BCUT2D eigenvalue weighted by atomic mass is 9.73. The molecule has 3 aliphatic rings. The first kappa shape index (κ1) is 32.5. The van der Waals surface area contributed by atoms with E-state index >= 15 is 0 Å². The van der Waals surface area contributed by atoms with Crippen molar-refractivity contribution in [2.24, 2.45) is 23.7 Å². The lowest BCUT2D eigenvalue weighted by Gasteiger charge is -2.36. The van der Waals surface area contributed by atoms with Gasteiger partial charge in [0.25, 0.3) is 0 Å². The molecule has 2 aliphatic carbocycles. The summed E-state index contributed by atoms with van der Waals surface area (Å²) >= 11 is 0. The van der Waals surface area contributed by atoms with E-state index in [2.05, 4.69) is 44.2 Å². The molecule has 9 heteroatoms. The number of hydrogen-bond donors (Lipinski definition) is 5. The lowest BCUT2D eigenvalue weighted by molar-refractivity contribution is 0.0722. The Morgan fingerprint density at radius 3 is 2.34 bits per heavy atom. The Balaban J connectivity index is 1.07. The summed E-state index contributed by atoms with van der Waals surface area (Å²) in [7, 11) is 0. The molecule has 5 N–H and O–H groups in total. The van der Waals surface area contributed by atoms with Gasteiger partial charge in [-0.2, -0.15) is 10.2 Å². The number of para-hydroxylation sites is 1. The first-order chi connectivity index (χ1) is 21.6. The summed E-state index contributed by atoms with van der Waals surface area (Å²) in [6, 6.07) is 10.8. The normalized spacial score (nSPS) is 26.1. The monoisotopic (exact) mass is 603 g/mol. The van der Waals surface area contributed by atoms with Gasteiger partial charge in [0.1, 0.15) is 23.2 Å². The topological polar surface area (TPSA) is 127 Å². The fourth-order valence-electron chi connectivity index (χ4n) is 7.66. The highest BCUT2D eigenvalue weighted by atomic mass is 16.5. The van der Waals surface area contributed by atoms with Crippen LogP contribution in [-0.2, 0) is 11.3 Å². The third-order valence-electron chi connectivity index (χ3n) is 10.00. The van der Waals surface area contributed by atoms with E-state index in [1.54, 1.807) is 18.3 Å². The number of nitrogens with one attached hydrogen (secondary N) is 4. The molecular weight excluding hydrogens is 550 g/mol. The Morgan fingerprint density at radius 1 is 0.886 bits per heavy atom. The van der Waals surface area contributed by atoms with Crippen molar-refractivity contribution in [3.63, 3.8) is 0 Å². The largest absolute Gasteiger partial charge is 0.508 e. The molecule has 1 saturated heterocycles. The van der Waals surface area contributed by atoms with Crippen LogP contribution in [0.3, 0.4) is 0 Å². The second-order valence-corrected chi connectivity index (χ2v) is 13.5. The zero-order chi connectivity index (χ0) is 30.6. The molecule has 0 amide bonds. The van der Waals surface area contributed by atoms with Crippen LogP contribution < -0.4 is 21.3 Å². The Morgan fingerprint density at radius 2 is 1.59 bits per heavy atom. The van der Waals surface area contributed by atoms with E-state index in [0.717, 1.165) is 63.1 Å². The Hall–Kier alpha value is -2.93. The van der Waals surface area contributed by atoms with Gasteiger partial charge in [-0.1, -0.05) is 38.0 Å². The molecule has 0 bridgehead atoms. The van der Waals surface area contributed by atoms with Crippen molar-refractivity contribution >= 4 is 11.8 Å². The minimum Gasteiger partial charge on any atom is -0.508 e. The smallest absolute Gasteiger partial charge is 0.224 e. The maximum Gasteiger partial charge on any atom is 0.224 e. The molecule has 0 spiro atoms. The zero-order valence-corrected chi connectivity index (χ0v) is 26.6. The van der Waals surface area contributed by atoms with Crippen LogP contribution >= 0.6 is 0 Å². The first-order valence-electron chi connectivity index (χ1n) is 17.2. The predicted molar refractivity (Wildman–Crippen MR) is 175 cm³/mol. The summed E-state index contributed by atoms with van der Waals surface area (Å²) in [5.41, 5.74) is 1.23. The van der Waals surface area contributed by atoms with Crippen LogP contribution in [0.2, 0.25) is 0 Å². The average molecular weight is 604 g/mol. The molecule has 5 rings (SSSR count). The van der Waals surface area contributed by atoms with Crippen LogP contribution in [-0.4, -0.2) is 60.0 Å². The van der Waals surface area contributed by atoms with E-state index in [1.165, 1.54) is 57.8 Å². The number of nitrogens with zero attached hydrogens (tertiary/aromatic N) is 3. The number of phenols is 1. The number of aromatic hydroxyl groups is 1. The van der Waals surface area contributed by atoms with Crippen LogP contribution in [0.1, 0.15) is 88.7 Å². The molecular formula is C35H53N7O2. The molecule has 2 heterocycles. The first-order valence-corrected chi connectivity index (χ1v) is 17.2. The molecule has 1 aromatic heterocycles. The van der Waals surface area contributed by atoms with Crippen molar-refractivity contribution < 1.29 is 9.84 Å². The number of rotatable bonds is 14. The van der Waals surface area contributed by atoms with Crippen LogP contribution in [0.4, 0.5) is 11.8 Å². The van der Waals surface area contributed by atoms with Gasteiger partial charge in [-0.15, -0.1) is 0 Å². The van der Waals surface area contributed by atoms with Crippen molar-refractivity contribution in [2.45, 2.75) is 96.2 Å². The minimum absolute atomic E-state index is 0.237. The number of ether oxygens (including phenoxy) is 1. The van der Waals surface area contributed by atoms with Gasteiger partial charge in [0, 0.05) is 44.0 Å². The Bertz CT molecular complexity index is 1190. The molecule has 240 valence electrons. The van der Waals surface area contributed by atoms with Gasteiger partial charge in [0.05, 0.1) is 6.20 Å². The van der Waals surface area contributed by atoms with Crippen LogP contribution in [0.15, 0.2) is 30.5 Å². The molecule has 1 unspecified atom stereocenters. The van der Waals surface area contributed by atoms with Crippen LogP contribution in [0.25, 0.3) is 0 Å². The van der Waals surface area contributed by atoms with Gasteiger partial charge < -0.3 is 31.1 Å². The number of hydrogen-bond acceptors (Lipinski definition) is 9. The summed E-state index contributed by atoms with van der Waals surface area (Å²) < 4.78 is 5.52. The van der Waals surface area contributed by atoms with Crippen molar-refractivity contribution in [1.82, 2.24) is 20.6 Å². The summed E-state index contributed by atoms with van der Waals surface area (Å²) in [6.07, 6.45) is 15.4. The van der Waals surface area contributed by atoms with Crippen LogP contribution in [0, 0.1) is 35.0 Å². The number of benzene rings is 1. The van der Waals surface area contributed by atoms with Crippen molar-refractivity contribution in [3.8, 4) is 11.8 Å². The maximum absolute atomic E-state index is 10.1. The Kier molecular flexibility index (Phi) is 12.5. The third kappa shape index (κ3) is 9.79. The lowest BCUT2D eigenvalue weighted by Crippen LogP contribution is -2.44. The summed E-state index contributed by atoms with van der Waals surface area (Å²) in [4.78, 5) is 8.94. The number of anilines is 2. The Labute approximate surface area is 264 Å². The number of aromatic nitrogens is 2. The summed E-state index contributed by atoms with van der Waals surface area (Å²) in [6.45, 7) is 7.59. The molecule has 1 aromatic carbocycles. The van der Waals surface area contributed by atoms with E-state index in [0.29, 0.717) is 47.8 Å². The summed E-state index contributed by atoms with van der Waals surface area (Å²) in [5.74, 6) is 4.06. The average Bonchev–Trinajstić information content (AvgIpc) is 3.05.